The predicted octanol–water partition coefficient (Wildman–Crippen LogP) is 5.90. The number of rotatable bonds is 7. The molecule has 0 radical (unpaired) electrons. The number of carbonyl (C=O) groups excluding carboxylic acids is 1. The Morgan fingerprint density at radius 1 is 1.02 bits per heavy atom. The number of hydrogen-bond acceptors (Lipinski definition) is 6. The van der Waals surface area contributed by atoms with Crippen LogP contribution in [0.1, 0.15) is 57.0 Å². The van der Waals surface area contributed by atoms with Crippen LogP contribution >= 0.6 is 10.2 Å². The number of anilines is 2. The Hall–Kier alpha value is -3.46. The predicted molar refractivity (Wildman–Crippen MR) is 154 cm³/mol. The Bertz CT molecular complexity index is 1580. The summed E-state index contributed by atoms with van der Waals surface area (Å²) in [7, 11) is -9.84. The molecule has 3 heterocycles. The van der Waals surface area contributed by atoms with E-state index in [1.807, 2.05) is 11.8 Å². The average Bonchev–Trinajstić information content (AvgIpc) is 3.08. The van der Waals surface area contributed by atoms with Gasteiger partial charge in [0.05, 0.1) is 5.69 Å². The van der Waals surface area contributed by atoms with Crippen molar-refractivity contribution in [1.29, 1.82) is 0 Å². The largest absolute Gasteiger partial charge is 0.364 e. The Kier molecular flexibility index (Phi) is 7.62. The highest BCUT2D eigenvalue weighted by Gasteiger charge is 2.65. The fraction of sp³-hybridized carbons (Fsp3) is 0.481. The second-order valence-electron chi connectivity index (χ2n) is 10.6. The zero-order chi connectivity index (χ0) is 30.2. The first-order chi connectivity index (χ1) is 19.7. The molecule has 0 unspecified atom stereocenters. The molecule has 42 heavy (non-hydrogen) atoms. The molecule has 2 aliphatic rings. The van der Waals surface area contributed by atoms with Gasteiger partial charge in [-0.3, -0.25) is 9.59 Å². The molecule has 5 rings (SSSR count). The molecule has 1 saturated heterocycles. The van der Waals surface area contributed by atoms with Crippen LogP contribution in [0.4, 0.5) is 30.8 Å². The van der Waals surface area contributed by atoms with Crippen molar-refractivity contribution >= 4 is 38.9 Å². The minimum absolute atomic E-state index is 0.0784. The molecule has 2 N–H and O–H groups in total. The van der Waals surface area contributed by atoms with Gasteiger partial charge in [-0.2, -0.15) is 9.50 Å². The van der Waals surface area contributed by atoms with Gasteiger partial charge in [0.15, 0.2) is 5.82 Å². The first kappa shape index (κ1) is 30.0. The summed E-state index contributed by atoms with van der Waals surface area (Å²) in [5.74, 6) is -0.0244. The van der Waals surface area contributed by atoms with E-state index in [0.29, 0.717) is 43.3 Å². The van der Waals surface area contributed by atoms with E-state index in [2.05, 4.69) is 21.8 Å². The van der Waals surface area contributed by atoms with Crippen LogP contribution < -0.4 is 21.1 Å². The molecule has 0 spiro atoms. The van der Waals surface area contributed by atoms with Crippen molar-refractivity contribution in [2.24, 2.45) is 0 Å². The van der Waals surface area contributed by atoms with Crippen molar-refractivity contribution in [3.8, 4) is 0 Å². The minimum Gasteiger partial charge on any atom is -0.364 e. The number of allylic oxidation sites excluding steroid dienone is 2. The third kappa shape index (κ3) is 6.46. The molecule has 2 aromatic heterocycles. The summed E-state index contributed by atoms with van der Waals surface area (Å²) in [6, 6.07) is 2.08. The summed E-state index contributed by atoms with van der Waals surface area (Å²) >= 11 is 0. The molecule has 0 saturated carbocycles. The van der Waals surface area contributed by atoms with Gasteiger partial charge in [-0.25, -0.2) is 0 Å². The monoisotopic (exact) mass is 615 g/mol. The van der Waals surface area contributed by atoms with Gasteiger partial charge in [0.1, 0.15) is 17.1 Å². The number of nitrogens with one attached hydrogen (secondary N) is 2. The first-order valence-corrected chi connectivity index (χ1v) is 16.0. The zero-order valence-electron chi connectivity index (χ0n) is 23.2. The summed E-state index contributed by atoms with van der Waals surface area (Å²) in [6.45, 7) is 4.21. The topological polar surface area (TPSA) is 96.6 Å². The highest BCUT2D eigenvalue weighted by Crippen LogP contribution is 3.02. The van der Waals surface area contributed by atoms with Crippen LogP contribution in [-0.2, 0) is 17.8 Å². The van der Waals surface area contributed by atoms with Crippen molar-refractivity contribution < 1.29 is 24.2 Å². The molecule has 1 aromatic carbocycles. The number of carbonyl (C=O) groups is 1. The smallest absolute Gasteiger partial charge is 0.310 e. The number of aromatic nitrogens is 4. The number of hydrogen-bond donors (Lipinski definition) is 2. The molecule has 0 atom stereocenters. The zero-order valence-corrected chi connectivity index (χ0v) is 24.0. The maximum Gasteiger partial charge on any atom is 0.310 e. The number of nitrogens with zero attached hydrogens (tertiary/aromatic N) is 5. The summed E-state index contributed by atoms with van der Waals surface area (Å²) < 4.78 is 68.5. The van der Waals surface area contributed by atoms with Gasteiger partial charge in [0.2, 0.25) is 11.7 Å². The van der Waals surface area contributed by atoms with Gasteiger partial charge in [0, 0.05) is 25.3 Å². The first-order valence-electron chi connectivity index (χ1n) is 14.1. The van der Waals surface area contributed by atoms with E-state index in [0.717, 1.165) is 62.8 Å². The maximum absolute atomic E-state index is 13.9. The average molecular weight is 616 g/mol. The van der Waals surface area contributed by atoms with Crippen molar-refractivity contribution in [1.82, 2.24) is 24.5 Å². The molecule has 0 bridgehead atoms. The van der Waals surface area contributed by atoms with Crippen LogP contribution in [0.3, 0.4) is 0 Å². The van der Waals surface area contributed by atoms with E-state index in [-0.39, 0.29) is 35.7 Å². The second-order valence-corrected chi connectivity index (χ2v) is 13.1. The van der Waals surface area contributed by atoms with E-state index in [9.17, 15) is 29.0 Å². The third-order valence-electron chi connectivity index (χ3n) is 7.53. The SMILES string of the molecule is CCc1c(N2CCCNCC2)c(=O)n2nc(C3=CCCCCC3)nc2n1CC(=O)Nc1ccc(S(F)(F)(F)(F)F)cc1. The lowest BCUT2D eigenvalue weighted by molar-refractivity contribution is -0.116. The maximum atomic E-state index is 13.9. The van der Waals surface area contributed by atoms with Crippen LogP contribution in [-0.4, -0.2) is 51.3 Å². The Balaban J connectivity index is 1.55. The van der Waals surface area contributed by atoms with Gasteiger partial charge < -0.3 is 20.1 Å². The number of halogens is 5. The van der Waals surface area contributed by atoms with Crippen molar-refractivity contribution in [2.75, 3.05) is 36.4 Å². The minimum atomic E-state index is -9.84. The van der Waals surface area contributed by atoms with Crippen LogP contribution in [0.15, 0.2) is 40.0 Å². The quantitative estimate of drug-likeness (QED) is 0.322. The third-order valence-corrected chi connectivity index (χ3v) is 8.69. The Labute approximate surface area is 239 Å². The lowest BCUT2D eigenvalue weighted by Crippen LogP contribution is -2.37. The molecular weight excluding hydrogens is 581 g/mol. The van der Waals surface area contributed by atoms with E-state index < -0.39 is 21.0 Å². The molecule has 15 heteroatoms. The molecule has 3 aromatic rings. The van der Waals surface area contributed by atoms with Crippen LogP contribution in [0, 0.1) is 0 Å². The number of fused-ring (bicyclic) bond motifs is 1. The number of amides is 1. The van der Waals surface area contributed by atoms with E-state index in [4.69, 9.17) is 4.98 Å². The molecule has 9 nitrogen and oxygen atoms in total. The lowest BCUT2D eigenvalue weighted by Gasteiger charge is -2.40. The van der Waals surface area contributed by atoms with Crippen LogP contribution in [0.25, 0.3) is 11.4 Å². The highest BCUT2D eigenvalue weighted by molar-refractivity contribution is 8.45. The number of benzene rings is 1. The Morgan fingerprint density at radius 2 is 1.79 bits per heavy atom. The normalized spacial score (nSPS) is 18.5. The van der Waals surface area contributed by atoms with Gasteiger partial charge >= 0.3 is 10.2 Å². The molecule has 1 aliphatic heterocycles. The molecule has 1 fully saturated rings. The highest BCUT2D eigenvalue weighted by atomic mass is 32.5. The lowest BCUT2D eigenvalue weighted by atomic mass is 10.1. The van der Waals surface area contributed by atoms with Crippen molar-refractivity contribution in [3.63, 3.8) is 0 Å². The van der Waals surface area contributed by atoms with Crippen molar-refractivity contribution in [2.45, 2.75) is 63.3 Å². The molecule has 230 valence electrons. The Morgan fingerprint density at radius 3 is 2.50 bits per heavy atom. The van der Waals surface area contributed by atoms with Crippen LogP contribution in [0.5, 0.6) is 0 Å². The van der Waals surface area contributed by atoms with E-state index in [1.165, 1.54) is 4.52 Å². The standard InChI is InChI=1S/C27H34F5N7O2S/c1-2-22-24(37-16-7-14-33-15-17-37)26(41)39-27(35-25(36-39)19-8-5-3-4-6-9-19)38(22)18-23(40)34-20-10-12-21(13-11-20)42(28,29,30,31)32/h8,10-13,33H,2-7,9,14-18H2,1H3,(H,34,40). The summed E-state index contributed by atoms with van der Waals surface area (Å²) in [6.07, 6.45) is 8.04. The second kappa shape index (κ2) is 10.7. The van der Waals surface area contributed by atoms with Crippen molar-refractivity contribution in [3.05, 3.63) is 52.2 Å². The molecule has 1 aliphatic carbocycles. The van der Waals surface area contributed by atoms with Gasteiger partial charge in [-0.05, 0) is 74.9 Å². The summed E-state index contributed by atoms with van der Waals surface area (Å²) in [4.78, 5) is 31.8. The fourth-order valence-corrected chi connectivity index (χ4v) is 6.14. The fourth-order valence-electron chi connectivity index (χ4n) is 5.49. The van der Waals surface area contributed by atoms with Gasteiger partial charge in [-0.1, -0.05) is 38.8 Å². The van der Waals surface area contributed by atoms with Crippen LogP contribution in [0.2, 0.25) is 0 Å². The summed E-state index contributed by atoms with van der Waals surface area (Å²) in [5, 5.41) is 10.4. The molecular formula is C27H34F5N7O2S. The van der Waals surface area contributed by atoms with Gasteiger partial charge in [0.25, 0.3) is 5.56 Å². The summed E-state index contributed by atoms with van der Waals surface area (Å²) in [5.41, 5.74) is 1.53. The van der Waals surface area contributed by atoms with E-state index >= 15 is 0 Å². The van der Waals surface area contributed by atoms with E-state index in [1.54, 1.807) is 4.57 Å². The molecule has 1 amide bonds. The van der Waals surface area contributed by atoms with Gasteiger partial charge in [-0.15, -0.1) is 5.10 Å².